The van der Waals surface area contributed by atoms with Crippen molar-refractivity contribution in [3.8, 4) is 0 Å². The van der Waals surface area contributed by atoms with Crippen molar-refractivity contribution in [2.45, 2.75) is 44.5 Å². The zero-order valence-electron chi connectivity index (χ0n) is 12.3. The zero-order chi connectivity index (χ0) is 16.8. The summed E-state index contributed by atoms with van der Waals surface area (Å²) in [6.45, 7) is 1.29. The number of ether oxygens (including phenoxy) is 1. The van der Waals surface area contributed by atoms with Crippen LogP contribution in [-0.2, 0) is 15.7 Å². The standard InChI is InChI=1S/C15H15F3N2O3/c1-8(21)23-13-4-2-3-12(13)20-11-6-5-9(15(16,17)18)7-10(11)19-14(20)22/h5-7,12-13H,2-4H2,1H3,(H,19,22). The summed E-state index contributed by atoms with van der Waals surface area (Å²) in [6.07, 6.45) is -2.87. The third-order valence-electron chi connectivity index (χ3n) is 4.11. The van der Waals surface area contributed by atoms with E-state index in [1.54, 1.807) is 0 Å². The van der Waals surface area contributed by atoms with E-state index in [0.29, 0.717) is 18.4 Å². The molecule has 1 aromatic carbocycles. The van der Waals surface area contributed by atoms with Crippen LogP contribution in [0.3, 0.4) is 0 Å². The lowest BCUT2D eigenvalue weighted by molar-refractivity contribution is -0.147. The van der Waals surface area contributed by atoms with Crippen LogP contribution in [0.2, 0.25) is 0 Å². The van der Waals surface area contributed by atoms with E-state index in [2.05, 4.69) is 4.98 Å². The second-order valence-corrected chi connectivity index (χ2v) is 5.68. The molecule has 2 atom stereocenters. The van der Waals surface area contributed by atoms with Gasteiger partial charge in [-0.1, -0.05) is 0 Å². The van der Waals surface area contributed by atoms with E-state index in [1.807, 2.05) is 0 Å². The fraction of sp³-hybridized carbons (Fsp3) is 0.467. The fourth-order valence-corrected chi connectivity index (χ4v) is 3.19. The summed E-state index contributed by atoms with van der Waals surface area (Å²) < 4.78 is 45.0. The first-order chi connectivity index (χ1) is 10.8. The minimum absolute atomic E-state index is 0.123. The van der Waals surface area contributed by atoms with Crippen LogP contribution in [0.1, 0.15) is 37.8 Å². The minimum Gasteiger partial charge on any atom is -0.460 e. The first kappa shape index (κ1) is 15.6. The van der Waals surface area contributed by atoms with Crippen LogP contribution < -0.4 is 5.69 Å². The number of halogens is 3. The Bertz CT molecular complexity index is 806. The number of alkyl halides is 3. The van der Waals surface area contributed by atoms with Crippen molar-refractivity contribution in [2.24, 2.45) is 0 Å². The average molecular weight is 328 g/mol. The number of aromatic nitrogens is 2. The van der Waals surface area contributed by atoms with Gasteiger partial charge in [-0.2, -0.15) is 13.2 Å². The quantitative estimate of drug-likeness (QED) is 0.862. The summed E-state index contributed by atoms with van der Waals surface area (Å²) in [6, 6.07) is 2.78. The number of H-pyrrole nitrogens is 1. The van der Waals surface area contributed by atoms with Crippen molar-refractivity contribution in [3.05, 3.63) is 34.2 Å². The molecule has 1 saturated carbocycles. The number of hydrogen-bond acceptors (Lipinski definition) is 3. The number of esters is 1. The molecular weight excluding hydrogens is 313 g/mol. The van der Waals surface area contributed by atoms with Gasteiger partial charge in [0.15, 0.2) is 0 Å². The first-order valence-corrected chi connectivity index (χ1v) is 7.26. The molecule has 23 heavy (non-hydrogen) atoms. The van der Waals surface area contributed by atoms with E-state index in [9.17, 15) is 22.8 Å². The summed E-state index contributed by atoms with van der Waals surface area (Å²) in [7, 11) is 0. The molecule has 2 aromatic rings. The monoisotopic (exact) mass is 328 g/mol. The van der Waals surface area contributed by atoms with Gasteiger partial charge in [-0.3, -0.25) is 9.36 Å². The molecule has 8 heteroatoms. The van der Waals surface area contributed by atoms with Crippen LogP contribution in [0.25, 0.3) is 11.0 Å². The number of aromatic amines is 1. The maximum Gasteiger partial charge on any atom is 0.416 e. The number of rotatable bonds is 2. The average Bonchev–Trinajstić information content (AvgIpc) is 2.99. The highest BCUT2D eigenvalue weighted by atomic mass is 19.4. The number of fused-ring (bicyclic) bond motifs is 1. The van der Waals surface area contributed by atoms with Crippen LogP contribution in [0.5, 0.6) is 0 Å². The van der Waals surface area contributed by atoms with E-state index in [0.717, 1.165) is 18.6 Å². The molecule has 0 bridgehead atoms. The van der Waals surface area contributed by atoms with Crippen molar-refractivity contribution in [3.63, 3.8) is 0 Å². The Balaban J connectivity index is 2.06. The van der Waals surface area contributed by atoms with E-state index in [4.69, 9.17) is 4.74 Å². The Labute approximate surface area is 129 Å². The van der Waals surface area contributed by atoms with Crippen molar-refractivity contribution >= 4 is 17.0 Å². The SMILES string of the molecule is CC(=O)OC1CCCC1n1c(=O)[nH]c2cc(C(F)(F)F)ccc21. The zero-order valence-corrected chi connectivity index (χ0v) is 12.3. The van der Waals surface area contributed by atoms with Gasteiger partial charge in [0.25, 0.3) is 0 Å². The summed E-state index contributed by atoms with van der Waals surface area (Å²) in [5, 5.41) is 0. The maximum absolute atomic E-state index is 12.8. The van der Waals surface area contributed by atoms with Gasteiger partial charge in [0.05, 0.1) is 22.6 Å². The predicted octanol–water partition coefficient (Wildman–Crippen LogP) is 3.01. The second kappa shape index (κ2) is 5.43. The van der Waals surface area contributed by atoms with Crippen LogP contribution in [-0.4, -0.2) is 21.6 Å². The lowest BCUT2D eigenvalue weighted by Crippen LogP contribution is -2.30. The maximum atomic E-state index is 12.8. The van der Waals surface area contributed by atoms with Gasteiger partial charge in [-0.05, 0) is 37.5 Å². The summed E-state index contributed by atoms with van der Waals surface area (Å²) in [5.74, 6) is -0.436. The molecule has 1 fully saturated rings. The minimum atomic E-state index is -4.47. The topological polar surface area (TPSA) is 64.1 Å². The highest BCUT2D eigenvalue weighted by molar-refractivity contribution is 5.76. The Hall–Kier alpha value is -2.25. The second-order valence-electron chi connectivity index (χ2n) is 5.68. The van der Waals surface area contributed by atoms with Gasteiger partial charge >= 0.3 is 17.8 Å². The van der Waals surface area contributed by atoms with E-state index >= 15 is 0 Å². The molecule has 0 aliphatic heterocycles. The van der Waals surface area contributed by atoms with E-state index in [1.165, 1.54) is 17.6 Å². The lowest BCUT2D eigenvalue weighted by atomic mass is 10.1. The molecule has 0 amide bonds. The highest BCUT2D eigenvalue weighted by Gasteiger charge is 2.35. The van der Waals surface area contributed by atoms with Crippen molar-refractivity contribution < 1.29 is 22.7 Å². The molecule has 1 aliphatic carbocycles. The fourth-order valence-electron chi connectivity index (χ4n) is 3.19. The number of hydrogen-bond donors (Lipinski definition) is 1. The van der Waals surface area contributed by atoms with Crippen molar-refractivity contribution in [2.75, 3.05) is 0 Å². The third kappa shape index (κ3) is 2.85. The van der Waals surface area contributed by atoms with E-state index in [-0.39, 0.29) is 11.6 Å². The van der Waals surface area contributed by atoms with Gasteiger partial charge in [-0.25, -0.2) is 4.79 Å². The molecule has 124 valence electrons. The van der Waals surface area contributed by atoms with Crippen LogP contribution in [0.15, 0.2) is 23.0 Å². The van der Waals surface area contributed by atoms with Crippen LogP contribution in [0.4, 0.5) is 13.2 Å². The Morgan fingerprint density at radius 1 is 1.35 bits per heavy atom. The predicted molar refractivity (Wildman–Crippen MR) is 76.0 cm³/mol. The largest absolute Gasteiger partial charge is 0.460 e. The highest BCUT2D eigenvalue weighted by Crippen LogP contribution is 2.35. The summed E-state index contributed by atoms with van der Waals surface area (Å²) >= 11 is 0. The molecule has 0 spiro atoms. The van der Waals surface area contributed by atoms with Gasteiger partial charge < -0.3 is 9.72 Å². The molecule has 3 rings (SSSR count). The molecule has 1 aliphatic rings. The molecule has 0 radical (unpaired) electrons. The Morgan fingerprint density at radius 2 is 2.09 bits per heavy atom. The number of carbonyl (C=O) groups is 1. The van der Waals surface area contributed by atoms with Gasteiger partial charge in [0.2, 0.25) is 0 Å². The molecule has 5 nitrogen and oxygen atoms in total. The first-order valence-electron chi connectivity index (χ1n) is 7.26. The van der Waals surface area contributed by atoms with Crippen LogP contribution in [0, 0.1) is 0 Å². The molecule has 1 N–H and O–H groups in total. The number of carbonyl (C=O) groups excluding carboxylic acids is 1. The smallest absolute Gasteiger partial charge is 0.416 e. The number of nitrogens with zero attached hydrogens (tertiary/aromatic N) is 1. The number of nitrogens with one attached hydrogen (secondary N) is 1. The van der Waals surface area contributed by atoms with E-state index < -0.39 is 29.5 Å². The summed E-state index contributed by atoms with van der Waals surface area (Å²) in [5.41, 5.74) is -0.810. The molecule has 2 unspecified atom stereocenters. The van der Waals surface area contributed by atoms with Crippen LogP contribution >= 0.6 is 0 Å². The Morgan fingerprint density at radius 3 is 2.74 bits per heavy atom. The molecule has 0 saturated heterocycles. The molecule has 1 aromatic heterocycles. The Kier molecular flexibility index (Phi) is 3.69. The van der Waals surface area contributed by atoms with Gasteiger partial charge in [-0.15, -0.1) is 0 Å². The normalized spacial score (nSPS) is 21.7. The number of benzene rings is 1. The molecular formula is C15H15F3N2O3. The summed E-state index contributed by atoms with van der Waals surface area (Å²) in [4.78, 5) is 25.8. The van der Waals surface area contributed by atoms with Crippen molar-refractivity contribution in [1.29, 1.82) is 0 Å². The van der Waals surface area contributed by atoms with Gasteiger partial charge in [0.1, 0.15) is 6.10 Å². The van der Waals surface area contributed by atoms with Gasteiger partial charge in [0, 0.05) is 6.92 Å². The number of imidazole rings is 1. The third-order valence-corrected chi connectivity index (χ3v) is 4.11. The molecule has 1 heterocycles. The van der Waals surface area contributed by atoms with Crippen molar-refractivity contribution in [1.82, 2.24) is 9.55 Å². The lowest BCUT2D eigenvalue weighted by Gasteiger charge is -2.20.